The molecule has 24 heavy (non-hydrogen) atoms. The third kappa shape index (κ3) is 4.16. The monoisotopic (exact) mass is 337 g/mol. The van der Waals surface area contributed by atoms with Crippen molar-refractivity contribution in [2.24, 2.45) is 5.92 Å². The van der Waals surface area contributed by atoms with Gasteiger partial charge in [0.05, 0.1) is 13.8 Å². The molecule has 128 valence electrons. The Kier molecular flexibility index (Phi) is 5.24. The van der Waals surface area contributed by atoms with E-state index in [2.05, 4.69) is 63.1 Å². The fourth-order valence-electron chi connectivity index (χ4n) is 3.93. The van der Waals surface area contributed by atoms with Gasteiger partial charge >= 0.3 is 0 Å². The van der Waals surface area contributed by atoms with Gasteiger partial charge in [0, 0.05) is 11.8 Å². The molecule has 0 N–H and O–H groups in total. The highest BCUT2D eigenvalue weighted by atomic mass is 28.3. The third-order valence-electron chi connectivity index (χ3n) is 5.38. The molecule has 1 aromatic heterocycles. The molecule has 1 aliphatic carbocycles. The van der Waals surface area contributed by atoms with E-state index in [1.165, 1.54) is 49.7 Å². The Bertz CT molecular complexity index is 676. The fraction of sp³-hybridized carbons (Fsp3) is 0.500. The summed E-state index contributed by atoms with van der Waals surface area (Å²) in [6, 6.07) is 11.2. The van der Waals surface area contributed by atoms with Crippen molar-refractivity contribution in [3.63, 3.8) is 0 Å². The van der Waals surface area contributed by atoms with Crippen LogP contribution in [0.5, 0.6) is 0 Å². The summed E-state index contributed by atoms with van der Waals surface area (Å²) in [5.41, 5.74) is 5.27. The van der Waals surface area contributed by atoms with Crippen molar-refractivity contribution >= 4 is 13.3 Å². The van der Waals surface area contributed by atoms with Gasteiger partial charge in [-0.25, -0.2) is 0 Å². The van der Waals surface area contributed by atoms with Crippen LogP contribution in [0.2, 0.25) is 19.6 Å². The minimum Gasteiger partial charge on any atom is -0.256 e. The maximum atomic E-state index is 4.83. The molecular weight excluding hydrogens is 306 g/mol. The number of benzene rings is 1. The Hall–Kier alpha value is -1.41. The van der Waals surface area contributed by atoms with E-state index in [9.17, 15) is 0 Å². The normalized spacial score (nSPS) is 16.3. The Morgan fingerprint density at radius 1 is 1.00 bits per heavy atom. The van der Waals surface area contributed by atoms with Crippen molar-refractivity contribution in [1.29, 1.82) is 0 Å². The quantitative estimate of drug-likeness (QED) is 0.650. The third-order valence-corrected chi connectivity index (χ3v) is 7.44. The Morgan fingerprint density at radius 2 is 1.67 bits per heavy atom. The molecule has 2 aromatic rings. The topological polar surface area (TPSA) is 12.9 Å². The van der Waals surface area contributed by atoms with Gasteiger partial charge in [-0.05, 0) is 36.1 Å². The second-order valence-corrected chi connectivity index (χ2v) is 13.6. The molecule has 0 amide bonds. The van der Waals surface area contributed by atoms with Gasteiger partial charge in [-0.1, -0.05) is 81.6 Å². The molecule has 0 bridgehead atoms. The van der Waals surface area contributed by atoms with Crippen LogP contribution in [-0.2, 0) is 6.42 Å². The Balaban J connectivity index is 1.95. The van der Waals surface area contributed by atoms with E-state index in [0.717, 1.165) is 11.6 Å². The molecule has 2 heteroatoms. The molecule has 1 heterocycles. The maximum absolute atomic E-state index is 4.83. The fourth-order valence-corrected chi connectivity index (χ4v) is 5.52. The van der Waals surface area contributed by atoms with Gasteiger partial charge in [0.25, 0.3) is 0 Å². The zero-order valence-electron chi connectivity index (χ0n) is 15.7. The number of hydrogen-bond donors (Lipinski definition) is 0. The Morgan fingerprint density at radius 3 is 2.29 bits per heavy atom. The lowest BCUT2D eigenvalue weighted by Gasteiger charge is -2.26. The molecule has 0 atom stereocenters. The molecule has 1 saturated carbocycles. The second-order valence-electron chi connectivity index (χ2n) is 8.55. The first-order chi connectivity index (χ1) is 11.4. The number of hydrogen-bond acceptors (Lipinski definition) is 1. The average Bonchev–Trinajstić information content (AvgIpc) is 2.55. The van der Waals surface area contributed by atoms with Crippen molar-refractivity contribution in [2.45, 2.75) is 65.1 Å². The van der Waals surface area contributed by atoms with Gasteiger partial charge in [0.1, 0.15) is 0 Å². The average molecular weight is 338 g/mol. The van der Waals surface area contributed by atoms with Crippen molar-refractivity contribution in [3.8, 4) is 11.3 Å². The summed E-state index contributed by atoms with van der Waals surface area (Å²) >= 11 is 0. The summed E-state index contributed by atoms with van der Waals surface area (Å²) in [6.45, 7) is 9.47. The minimum atomic E-state index is -1.36. The number of aromatic nitrogens is 1. The molecule has 0 aliphatic heterocycles. The lowest BCUT2D eigenvalue weighted by Crippen LogP contribution is -2.41. The molecule has 1 aliphatic rings. The summed E-state index contributed by atoms with van der Waals surface area (Å²) < 4.78 is 0. The molecule has 0 unspecified atom stereocenters. The van der Waals surface area contributed by atoms with Crippen molar-refractivity contribution in [3.05, 3.63) is 47.7 Å². The van der Waals surface area contributed by atoms with Crippen LogP contribution < -0.4 is 5.19 Å². The molecule has 1 nitrogen and oxygen atoms in total. The highest BCUT2D eigenvalue weighted by Crippen LogP contribution is 2.28. The number of nitrogens with zero attached hydrogens (tertiary/aromatic N) is 1. The minimum absolute atomic E-state index is 0.877. The van der Waals surface area contributed by atoms with E-state index in [-0.39, 0.29) is 0 Å². The van der Waals surface area contributed by atoms with E-state index < -0.39 is 8.07 Å². The van der Waals surface area contributed by atoms with Crippen LogP contribution in [-0.4, -0.2) is 13.1 Å². The molecule has 0 spiro atoms. The highest BCUT2D eigenvalue weighted by Gasteiger charge is 2.23. The van der Waals surface area contributed by atoms with Gasteiger partial charge < -0.3 is 0 Å². The van der Waals surface area contributed by atoms with Crippen LogP contribution >= 0.6 is 0 Å². The number of pyridine rings is 1. The molecular formula is C22H31NSi. The molecule has 0 radical (unpaired) electrons. The summed E-state index contributed by atoms with van der Waals surface area (Å²) in [7, 11) is -1.36. The maximum Gasteiger partial charge on any atom is 0.0799 e. The van der Waals surface area contributed by atoms with Crippen LogP contribution in [0.4, 0.5) is 0 Å². The predicted octanol–water partition coefficient (Wildman–Crippen LogP) is 5.73. The van der Waals surface area contributed by atoms with Gasteiger partial charge in [-0.15, -0.1) is 0 Å². The standard InChI is InChI=1S/C22H31NSi/c1-17-10-12-19(13-11-17)21-15-20(14-18-8-6-5-7-9-18)22(16-23-21)24(2,3)4/h10-13,15-16,18H,5-9,14H2,1-4H3. The summed E-state index contributed by atoms with van der Waals surface area (Å²) in [4.78, 5) is 4.83. The summed E-state index contributed by atoms with van der Waals surface area (Å²) in [6.07, 6.45) is 10.5. The number of aryl methyl sites for hydroxylation is 1. The van der Waals surface area contributed by atoms with Crippen LogP contribution in [0.1, 0.15) is 43.2 Å². The van der Waals surface area contributed by atoms with Crippen molar-refractivity contribution in [1.82, 2.24) is 4.98 Å². The van der Waals surface area contributed by atoms with E-state index in [1.54, 1.807) is 10.8 Å². The largest absolute Gasteiger partial charge is 0.256 e. The van der Waals surface area contributed by atoms with Crippen LogP contribution in [0.15, 0.2) is 36.5 Å². The van der Waals surface area contributed by atoms with E-state index >= 15 is 0 Å². The lowest BCUT2D eigenvalue weighted by molar-refractivity contribution is 0.357. The summed E-state index contributed by atoms with van der Waals surface area (Å²) in [5.74, 6) is 0.877. The zero-order valence-corrected chi connectivity index (χ0v) is 16.7. The summed E-state index contributed by atoms with van der Waals surface area (Å²) in [5, 5.41) is 1.56. The molecule has 0 saturated heterocycles. The van der Waals surface area contributed by atoms with Gasteiger partial charge in [-0.3, -0.25) is 4.98 Å². The highest BCUT2D eigenvalue weighted by molar-refractivity contribution is 6.89. The van der Waals surface area contributed by atoms with E-state index in [0.29, 0.717) is 0 Å². The van der Waals surface area contributed by atoms with Crippen molar-refractivity contribution in [2.75, 3.05) is 0 Å². The lowest BCUT2D eigenvalue weighted by atomic mass is 9.85. The predicted molar refractivity (Wildman–Crippen MR) is 108 cm³/mol. The van der Waals surface area contributed by atoms with E-state index in [4.69, 9.17) is 4.98 Å². The van der Waals surface area contributed by atoms with Crippen LogP contribution in [0.3, 0.4) is 0 Å². The molecule has 1 aromatic carbocycles. The van der Waals surface area contributed by atoms with Gasteiger partial charge in [0.15, 0.2) is 0 Å². The smallest absolute Gasteiger partial charge is 0.0799 e. The van der Waals surface area contributed by atoms with Gasteiger partial charge in [0.2, 0.25) is 0 Å². The van der Waals surface area contributed by atoms with Crippen molar-refractivity contribution < 1.29 is 0 Å². The van der Waals surface area contributed by atoms with E-state index in [1.807, 2.05) is 0 Å². The van der Waals surface area contributed by atoms with Gasteiger partial charge in [-0.2, -0.15) is 0 Å². The zero-order chi connectivity index (χ0) is 17.2. The van der Waals surface area contributed by atoms with Crippen LogP contribution in [0, 0.1) is 12.8 Å². The second kappa shape index (κ2) is 7.22. The SMILES string of the molecule is Cc1ccc(-c2cc(CC3CCCCC3)c([Si](C)(C)C)cn2)cc1. The molecule has 1 fully saturated rings. The first-order valence-electron chi connectivity index (χ1n) is 9.50. The first-order valence-corrected chi connectivity index (χ1v) is 13.0. The molecule has 3 rings (SSSR count). The number of rotatable bonds is 4. The first kappa shape index (κ1) is 17.4. The Labute approximate surface area is 148 Å². The van der Waals surface area contributed by atoms with Crippen LogP contribution in [0.25, 0.3) is 11.3 Å².